The first-order chi connectivity index (χ1) is 10.1. The maximum absolute atomic E-state index is 13.6. The molecule has 2 heterocycles. The third kappa shape index (κ3) is 3.34. The van der Waals surface area contributed by atoms with Crippen molar-refractivity contribution in [1.82, 2.24) is 15.5 Å². The normalized spacial score (nSPS) is 14.1. The molecular formula is C14H16FN4O2Re-. The molecule has 8 heteroatoms. The van der Waals surface area contributed by atoms with E-state index in [0.29, 0.717) is 16.5 Å². The van der Waals surface area contributed by atoms with E-state index >= 15 is 0 Å². The van der Waals surface area contributed by atoms with E-state index in [1.807, 2.05) is 13.8 Å². The standard InChI is InChI=1S/C12H11FN4O2.C2H6.Re/c1-6-4-9-7(5-8(6)13)11(16-15-9)17-3-2-10(18)14-12(17)19;1-2;/h4-5H,2-3H2,1H3,(H2,14,15,16,18,19);1-2H3;/p-1. The van der Waals surface area contributed by atoms with E-state index in [2.05, 4.69) is 15.5 Å². The number of nitrogens with one attached hydrogen (secondary N) is 1. The Labute approximate surface area is 141 Å². The first kappa shape index (κ1) is 18.3. The summed E-state index contributed by atoms with van der Waals surface area (Å²) in [5.74, 6) is -0.428. The minimum Gasteiger partial charge on any atom is -0.573 e. The summed E-state index contributed by atoms with van der Waals surface area (Å²) in [7, 11) is 0. The maximum Gasteiger partial charge on any atom is 0.329 e. The first-order valence-corrected chi connectivity index (χ1v) is 6.77. The van der Waals surface area contributed by atoms with Gasteiger partial charge in [-0.05, 0) is 18.6 Å². The summed E-state index contributed by atoms with van der Waals surface area (Å²) in [6.45, 7) is 5.85. The number of fused-ring (bicyclic) bond motifs is 1. The molecule has 1 aliphatic heterocycles. The number of carbonyl (C=O) groups excluding carboxylic acids is 2. The number of rotatable bonds is 1. The number of hydrogen-bond donors (Lipinski definition) is 1. The van der Waals surface area contributed by atoms with Crippen molar-refractivity contribution >= 4 is 28.7 Å². The number of aromatic nitrogens is 2. The van der Waals surface area contributed by atoms with E-state index in [-0.39, 0.29) is 50.9 Å². The van der Waals surface area contributed by atoms with Gasteiger partial charge in [0.25, 0.3) is 0 Å². The van der Waals surface area contributed by atoms with Gasteiger partial charge in [0.1, 0.15) is 11.6 Å². The summed E-state index contributed by atoms with van der Waals surface area (Å²) in [6.07, 6.45) is 0.189. The van der Waals surface area contributed by atoms with Crippen molar-refractivity contribution in [3.05, 3.63) is 23.5 Å². The van der Waals surface area contributed by atoms with Gasteiger partial charge < -0.3 is 10.2 Å². The third-order valence-corrected chi connectivity index (χ3v) is 3.08. The quantitative estimate of drug-likeness (QED) is 0.683. The number of hydrogen-bond acceptors (Lipinski definition) is 3. The van der Waals surface area contributed by atoms with Crippen molar-refractivity contribution < 1.29 is 34.4 Å². The Bertz CT molecular complexity index is 701. The van der Waals surface area contributed by atoms with Crippen LogP contribution in [0.2, 0.25) is 0 Å². The van der Waals surface area contributed by atoms with E-state index in [4.69, 9.17) is 0 Å². The topological polar surface area (TPSA) is 76.4 Å². The molecular weight excluding hydrogens is 461 g/mol. The molecule has 3 rings (SSSR count). The van der Waals surface area contributed by atoms with Crippen LogP contribution < -0.4 is 15.3 Å². The molecule has 119 valence electrons. The van der Waals surface area contributed by atoms with Crippen molar-refractivity contribution in [3.8, 4) is 0 Å². The van der Waals surface area contributed by atoms with Crippen molar-refractivity contribution in [3.63, 3.8) is 0 Å². The molecule has 1 aliphatic rings. The second-order valence-corrected chi connectivity index (χ2v) is 4.40. The average Bonchev–Trinajstić information content (AvgIpc) is 2.84. The van der Waals surface area contributed by atoms with Gasteiger partial charge in [-0.1, -0.05) is 19.9 Å². The predicted octanol–water partition coefficient (Wildman–Crippen LogP) is 2.11. The maximum atomic E-state index is 13.6. The number of amides is 3. The van der Waals surface area contributed by atoms with Crippen LogP contribution in [0.4, 0.5) is 15.0 Å². The number of aryl methyl sites for hydroxylation is 1. The fourth-order valence-electron chi connectivity index (χ4n) is 2.05. The Morgan fingerprint density at radius 2 is 2.00 bits per heavy atom. The van der Waals surface area contributed by atoms with Crippen LogP contribution >= 0.6 is 0 Å². The zero-order valence-corrected chi connectivity index (χ0v) is 15.2. The van der Waals surface area contributed by atoms with Crippen LogP contribution in [0.5, 0.6) is 0 Å². The molecule has 0 unspecified atom stereocenters. The molecule has 1 saturated heterocycles. The van der Waals surface area contributed by atoms with Gasteiger partial charge in [-0.25, -0.2) is 9.18 Å². The summed E-state index contributed by atoms with van der Waals surface area (Å²) in [5, 5.41) is 10.5. The molecule has 0 aliphatic carbocycles. The van der Waals surface area contributed by atoms with Gasteiger partial charge in [0.15, 0.2) is 0 Å². The molecule has 1 fully saturated rings. The van der Waals surface area contributed by atoms with Gasteiger partial charge in [-0.15, -0.1) is 5.52 Å². The van der Waals surface area contributed by atoms with Gasteiger partial charge in [0, 0.05) is 38.8 Å². The van der Waals surface area contributed by atoms with Crippen LogP contribution in [0.1, 0.15) is 25.8 Å². The molecule has 0 atom stereocenters. The molecule has 1 N–H and O–H groups in total. The van der Waals surface area contributed by atoms with Crippen LogP contribution in [0.15, 0.2) is 12.1 Å². The van der Waals surface area contributed by atoms with Crippen molar-refractivity contribution in [2.24, 2.45) is 0 Å². The fraction of sp³-hybridized carbons (Fsp3) is 0.357. The van der Waals surface area contributed by atoms with E-state index in [9.17, 15) is 14.0 Å². The van der Waals surface area contributed by atoms with Crippen molar-refractivity contribution in [2.45, 2.75) is 27.2 Å². The van der Waals surface area contributed by atoms with Crippen LogP contribution in [-0.2, 0) is 25.2 Å². The molecule has 0 saturated carbocycles. The summed E-state index contributed by atoms with van der Waals surface area (Å²) in [6, 6.07) is 2.33. The Kier molecular flexibility index (Phi) is 6.21. The summed E-state index contributed by atoms with van der Waals surface area (Å²) in [5.41, 5.74) is 0.996. The molecule has 0 bridgehead atoms. The second kappa shape index (κ2) is 7.47. The largest absolute Gasteiger partial charge is 0.573 e. The molecule has 22 heavy (non-hydrogen) atoms. The average molecular weight is 478 g/mol. The Morgan fingerprint density at radius 1 is 1.32 bits per heavy atom. The van der Waals surface area contributed by atoms with Gasteiger partial charge in [-0.2, -0.15) is 0 Å². The van der Waals surface area contributed by atoms with Crippen LogP contribution in [-0.4, -0.2) is 23.6 Å². The molecule has 0 spiro atoms. The van der Waals surface area contributed by atoms with E-state index in [1.165, 1.54) is 11.0 Å². The van der Waals surface area contributed by atoms with E-state index < -0.39 is 6.03 Å². The number of benzene rings is 1. The Hall–Kier alpha value is -1.78. The van der Waals surface area contributed by atoms with Gasteiger partial charge in [0.05, 0.1) is 0 Å². The second-order valence-electron chi connectivity index (χ2n) is 4.40. The SMILES string of the molecule is CC.Cc1cc2[n-]nc(N3CCC(=O)NC3=O)c2cc1F.[Re]. The number of halogens is 1. The number of urea groups is 1. The summed E-state index contributed by atoms with van der Waals surface area (Å²) in [4.78, 5) is 24.1. The minimum atomic E-state index is -0.556. The smallest absolute Gasteiger partial charge is 0.329 e. The molecule has 2 aromatic rings. The number of nitrogens with zero attached hydrogens (tertiary/aromatic N) is 3. The third-order valence-electron chi connectivity index (χ3n) is 3.08. The molecule has 1 aromatic carbocycles. The summed E-state index contributed by atoms with van der Waals surface area (Å²) < 4.78 is 13.6. The van der Waals surface area contributed by atoms with Gasteiger partial charge >= 0.3 is 6.03 Å². The van der Waals surface area contributed by atoms with E-state index in [0.717, 1.165) is 0 Å². The monoisotopic (exact) mass is 478 g/mol. The predicted molar refractivity (Wildman–Crippen MR) is 76.6 cm³/mol. The van der Waals surface area contributed by atoms with Gasteiger partial charge in [0.2, 0.25) is 5.91 Å². The van der Waals surface area contributed by atoms with Crippen molar-refractivity contribution in [1.29, 1.82) is 0 Å². The fourth-order valence-corrected chi connectivity index (χ4v) is 2.05. The Morgan fingerprint density at radius 3 is 2.64 bits per heavy atom. The zero-order valence-electron chi connectivity index (χ0n) is 12.5. The summed E-state index contributed by atoms with van der Waals surface area (Å²) >= 11 is 0. The number of imide groups is 1. The Balaban J connectivity index is 0.000000775. The molecule has 3 amide bonds. The molecule has 1 aromatic heterocycles. The van der Waals surface area contributed by atoms with Crippen molar-refractivity contribution in [2.75, 3.05) is 11.4 Å². The van der Waals surface area contributed by atoms with Crippen LogP contribution in [0.25, 0.3) is 10.9 Å². The minimum absolute atomic E-state index is 0. The molecule has 1 radical (unpaired) electrons. The number of anilines is 1. The zero-order chi connectivity index (χ0) is 15.6. The van der Waals surface area contributed by atoms with Gasteiger partial charge in [-0.3, -0.25) is 15.0 Å². The number of carbonyl (C=O) groups is 2. The van der Waals surface area contributed by atoms with Crippen LogP contribution in [0, 0.1) is 12.7 Å². The van der Waals surface area contributed by atoms with Crippen LogP contribution in [0.3, 0.4) is 0 Å². The van der Waals surface area contributed by atoms with E-state index in [1.54, 1.807) is 13.0 Å². The first-order valence-electron chi connectivity index (χ1n) is 6.77. The molecule has 6 nitrogen and oxygen atoms in total.